The maximum Gasteiger partial charge on any atom is 0.0641 e. The fourth-order valence-electron chi connectivity index (χ4n) is 2.78. The number of nitrogens with zero attached hydrogens (tertiary/aromatic N) is 1. The van der Waals surface area contributed by atoms with E-state index in [1.54, 1.807) is 0 Å². The zero-order chi connectivity index (χ0) is 14.0. The van der Waals surface area contributed by atoms with Gasteiger partial charge in [0.2, 0.25) is 0 Å². The van der Waals surface area contributed by atoms with Gasteiger partial charge in [0.05, 0.1) is 25.2 Å². The molecule has 0 amide bonds. The molecule has 108 valence electrons. The second-order valence-corrected chi connectivity index (χ2v) is 5.41. The van der Waals surface area contributed by atoms with Crippen LogP contribution in [0.25, 0.3) is 0 Å². The van der Waals surface area contributed by atoms with Crippen molar-refractivity contribution in [2.24, 2.45) is 0 Å². The Balaban J connectivity index is 1.71. The highest BCUT2D eigenvalue weighted by atomic mass is 16.5. The zero-order valence-electron chi connectivity index (χ0n) is 12.1. The standard InChI is InChI=1S/C17H24N2O/c18-12-11-17(15-7-3-1-4-8-15)19-13-14-20-16-9-5-2-6-10-16/h1,3-4,7-8,16-17,19H,2,5-6,9-11,13-14H2. The van der Waals surface area contributed by atoms with E-state index in [2.05, 4.69) is 23.5 Å². The lowest BCUT2D eigenvalue weighted by Crippen LogP contribution is -2.27. The van der Waals surface area contributed by atoms with Crippen molar-refractivity contribution in [3.05, 3.63) is 35.9 Å². The zero-order valence-corrected chi connectivity index (χ0v) is 12.1. The molecule has 3 heteroatoms. The van der Waals surface area contributed by atoms with Crippen molar-refractivity contribution >= 4 is 0 Å². The lowest BCUT2D eigenvalue weighted by atomic mass is 9.98. The van der Waals surface area contributed by atoms with Crippen LogP contribution in [-0.2, 0) is 4.74 Å². The first-order valence-corrected chi connectivity index (χ1v) is 7.67. The number of ether oxygens (including phenoxy) is 1. The van der Waals surface area contributed by atoms with Gasteiger partial charge in [-0.15, -0.1) is 0 Å². The third-order valence-corrected chi connectivity index (χ3v) is 3.90. The molecule has 0 bridgehead atoms. The van der Waals surface area contributed by atoms with E-state index >= 15 is 0 Å². The Morgan fingerprint density at radius 3 is 2.65 bits per heavy atom. The van der Waals surface area contributed by atoms with Gasteiger partial charge in [-0.2, -0.15) is 5.26 Å². The minimum absolute atomic E-state index is 0.108. The van der Waals surface area contributed by atoms with E-state index in [-0.39, 0.29) is 6.04 Å². The molecule has 0 radical (unpaired) electrons. The molecule has 1 aromatic carbocycles. The summed E-state index contributed by atoms with van der Waals surface area (Å²) in [5.74, 6) is 0. The Kier molecular flexibility index (Phi) is 6.56. The summed E-state index contributed by atoms with van der Waals surface area (Å²) in [7, 11) is 0. The molecule has 0 saturated heterocycles. The SMILES string of the molecule is N#CCC(NCCOC1CCCCC1)c1ccccc1. The molecule has 1 N–H and O–H groups in total. The van der Waals surface area contributed by atoms with Gasteiger partial charge in [-0.3, -0.25) is 0 Å². The van der Waals surface area contributed by atoms with Gasteiger partial charge >= 0.3 is 0 Å². The van der Waals surface area contributed by atoms with Crippen molar-refractivity contribution in [3.8, 4) is 6.07 Å². The first-order valence-electron chi connectivity index (χ1n) is 7.67. The lowest BCUT2D eigenvalue weighted by molar-refractivity contribution is 0.0294. The molecule has 2 rings (SSSR count). The molecule has 3 nitrogen and oxygen atoms in total. The van der Waals surface area contributed by atoms with E-state index in [1.165, 1.54) is 37.7 Å². The quantitative estimate of drug-likeness (QED) is 0.772. The largest absolute Gasteiger partial charge is 0.377 e. The van der Waals surface area contributed by atoms with Gasteiger partial charge in [-0.1, -0.05) is 49.6 Å². The maximum absolute atomic E-state index is 8.94. The molecule has 1 unspecified atom stereocenters. The van der Waals surface area contributed by atoms with Crippen LogP contribution in [0.3, 0.4) is 0 Å². The first kappa shape index (κ1) is 15.0. The van der Waals surface area contributed by atoms with Crippen LogP contribution in [-0.4, -0.2) is 19.3 Å². The number of hydrogen-bond acceptors (Lipinski definition) is 3. The summed E-state index contributed by atoms with van der Waals surface area (Å²) in [4.78, 5) is 0. The van der Waals surface area contributed by atoms with E-state index in [0.29, 0.717) is 12.5 Å². The summed E-state index contributed by atoms with van der Waals surface area (Å²) in [6.07, 6.45) is 7.33. The summed E-state index contributed by atoms with van der Waals surface area (Å²) in [6.45, 7) is 1.54. The number of hydrogen-bond donors (Lipinski definition) is 1. The van der Waals surface area contributed by atoms with Gasteiger partial charge in [-0.05, 0) is 18.4 Å². The van der Waals surface area contributed by atoms with Crippen LogP contribution in [0.2, 0.25) is 0 Å². The van der Waals surface area contributed by atoms with Gasteiger partial charge in [0.25, 0.3) is 0 Å². The van der Waals surface area contributed by atoms with Crippen LogP contribution in [0.4, 0.5) is 0 Å². The third kappa shape index (κ3) is 4.96. The molecule has 1 atom stereocenters. The summed E-state index contributed by atoms with van der Waals surface area (Å²) < 4.78 is 5.90. The molecule has 0 spiro atoms. The number of nitrogens with one attached hydrogen (secondary N) is 1. The smallest absolute Gasteiger partial charge is 0.0641 e. The molecule has 1 aromatic rings. The monoisotopic (exact) mass is 272 g/mol. The number of rotatable bonds is 7. The normalized spacial score (nSPS) is 17.6. The predicted octanol–water partition coefficient (Wildman–Crippen LogP) is 3.58. The van der Waals surface area contributed by atoms with Gasteiger partial charge in [0.1, 0.15) is 0 Å². The molecular formula is C17H24N2O. The van der Waals surface area contributed by atoms with Crippen molar-refractivity contribution < 1.29 is 4.74 Å². The fraction of sp³-hybridized carbons (Fsp3) is 0.588. The summed E-state index contributed by atoms with van der Waals surface area (Å²) in [5.41, 5.74) is 1.17. The Morgan fingerprint density at radius 2 is 1.95 bits per heavy atom. The van der Waals surface area contributed by atoms with E-state index in [0.717, 1.165) is 13.2 Å². The van der Waals surface area contributed by atoms with E-state index < -0.39 is 0 Å². The highest BCUT2D eigenvalue weighted by Crippen LogP contribution is 2.20. The molecule has 1 saturated carbocycles. The van der Waals surface area contributed by atoms with Gasteiger partial charge in [0, 0.05) is 12.6 Å². The van der Waals surface area contributed by atoms with Crippen LogP contribution in [0.15, 0.2) is 30.3 Å². The molecule has 0 heterocycles. The fourth-order valence-corrected chi connectivity index (χ4v) is 2.78. The van der Waals surface area contributed by atoms with Crippen LogP contribution < -0.4 is 5.32 Å². The first-order chi connectivity index (χ1) is 9.90. The molecule has 1 aliphatic rings. The Morgan fingerprint density at radius 1 is 1.20 bits per heavy atom. The molecule has 1 fully saturated rings. The van der Waals surface area contributed by atoms with Crippen LogP contribution in [0, 0.1) is 11.3 Å². The summed E-state index contributed by atoms with van der Waals surface area (Å²) in [6, 6.07) is 12.5. The number of benzene rings is 1. The second-order valence-electron chi connectivity index (χ2n) is 5.41. The van der Waals surface area contributed by atoms with Crippen molar-refractivity contribution in [1.82, 2.24) is 5.32 Å². The van der Waals surface area contributed by atoms with Crippen molar-refractivity contribution in [2.45, 2.75) is 50.7 Å². The van der Waals surface area contributed by atoms with Crippen molar-refractivity contribution in [2.75, 3.05) is 13.2 Å². The topological polar surface area (TPSA) is 45.0 Å². The predicted molar refractivity (Wildman–Crippen MR) is 80.2 cm³/mol. The molecular weight excluding hydrogens is 248 g/mol. The lowest BCUT2D eigenvalue weighted by Gasteiger charge is -2.23. The van der Waals surface area contributed by atoms with E-state index in [4.69, 9.17) is 10.00 Å². The highest BCUT2D eigenvalue weighted by molar-refractivity contribution is 5.19. The Bertz CT molecular complexity index is 407. The molecule has 0 aliphatic heterocycles. The molecule has 20 heavy (non-hydrogen) atoms. The van der Waals surface area contributed by atoms with Gasteiger partial charge in [0.15, 0.2) is 0 Å². The van der Waals surface area contributed by atoms with E-state index in [1.807, 2.05) is 18.2 Å². The van der Waals surface area contributed by atoms with Gasteiger partial charge in [-0.25, -0.2) is 0 Å². The van der Waals surface area contributed by atoms with Crippen LogP contribution in [0.1, 0.15) is 50.1 Å². The molecule has 0 aromatic heterocycles. The minimum atomic E-state index is 0.108. The molecule has 1 aliphatic carbocycles. The van der Waals surface area contributed by atoms with Crippen molar-refractivity contribution in [3.63, 3.8) is 0 Å². The van der Waals surface area contributed by atoms with Gasteiger partial charge < -0.3 is 10.1 Å². The van der Waals surface area contributed by atoms with Crippen molar-refractivity contribution in [1.29, 1.82) is 5.26 Å². The average Bonchev–Trinajstić information content (AvgIpc) is 2.52. The minimum Gasteiger partial charge on any atom is -0.377 e. The Hall–Kier alpha value is -1.37. The van der Waals surface area contributed by atoms with E-state index in [9.17, 15) is 0 Å². The maximum atomic E-state index is 8.94. The summed E-state index contributed by atoms with van der Waals surface area (Å²) in [5, 5.41) is 12.4. The third-order valence-electron chi connectivity index (χ3n) is 3.90. The second kappa shape index (κ2) is 8.73. The van der Waals surface area contributed by atoms with Crippen LogP contribution >= 0.6 is 0 Å². The Labute approximate surface area is 121 Å². The average molecular weight is 272 g/mol. The number of nitriles is 1. The summed E-state index contributed by atoms with van der Waals surface area (Å²) >= 11 is 0. The highest BCUT2D eigenvalue weighted by Gasteiger charge is 2.14. The van der Waals surface area contributed by atoms with Crippen LogP contribution in [0.5, 0.6) is 0 Å².